The average molecular weight is 317 g/mol. The fourth-order valence-electron chi connectivity index (χ4n) is 1.22. The Morgan fingerprint density at radius 1 is 1.20 bits per heavy atom. The summed E-state index contributed by atoms with van der Waals surface area (Å²) in [6, 6.07) is 2.60. The van der Waals surface area contributed by atoms with Crippen molar-refractivity contribution in [3.05, 3.63) is 24.0 Å². The quantitative estimate of drug-likeness (QED) is 0.636. The molecule has 0 radical (unpaired) electrons. The summed E-state index contributed by atoms with van der Waals surface area (Å²) in [5.41, 5.74) is 0. The van der Waals surface area contributed by atoms with E-state index in [1.165, 1.54) is 0 Å². The van der Waals surface area contributed by atoms with Gasteiger partial charge >= 0.3 is 6.18 Å². The first-order chi connectivity index (χ1) is 9.09. The summed E-state index contributed by atoms with van der Waals surface area (Å²) in [6.07, 6.45) is -4.46. The second-order valence-electron chi connectivity index (χ2n) is 3.65. The molecule has 2 N–H and O–H groups in total. The van der Waals surface area contributed by atoms with Crippen molar-refractivity contribution in [2.24, 2.45) is 5.14 Å². The van der Waals surface area contributed by atoms with Crippen molar-refractivity contribution in [1.82, 2.24) is 0 Å². The molecule has 1 rings (SSSR count). The highest BCUT2D eigenvalue weighted by Crippen LogP contribution is 2.23. The number of nitrogens with two attached hydrogens (primary N) is 1. The third kappa shape index (κ3) is 5.72. The number of hydrogen-bond donors (Lipinski definition) is 1. The van der Waals surface area contributed by atoms with Crippen LogP contribution < -0.4 is 9.88 Å². The maximum Gasteiger partial charge on any atom is 0.411 e. The van der Waals surface area contributed by atoms with E-state index in [0.717, 1.165) is 12.1 Å². The van der Waals surface area contributed by atoms with E-state index in [2.05, 4.69) is 4.74 Å². The lowest BCUT2D eigenvalue weighted by atomic mass is 10.3. The molecule has 0 spiro atoms. The molecule has 10 heteroatoms. The number of ether oxygens (including phenoxy) is 2. The summed E-state index contributed by atoms with van der Waals surface area (Å²) < 4.78 is 79.8. The van der Waals surface area contributed by atoms with Gasteiger partial charge < -0.3 is 9.47 Å². The predicted molar refractivity (Wildman–Crippen MR) is 60.1 cm³/mol. The molecule has 0 saturated heterocycles. The van der Waals surface area contributed by atoms with Crippen molar-refractivity contribution >= 4 is 10.0 Å². The first-order valence-electron chi connectivity index (χ1n) is 5.19. The lowest BCUT2D eigenvalue weighted by Gasteiger charge is -2.11. The second-order valence-corrected chi connectivity index (χ2v) is 5.18. The number of sulfonamides is 1. The first kappa shape index (κ1) is 16.7. The van der Waals surface area contributed by atoms with Crippen LogP contribution in [0.1, 0.15) is 0 Å². The Balaban J connectivity index is 2.61. The van der Waals surface area contributed by atoms with Crippen LogP contribution in [0.5, 0.6) is 5.75 Å². The Labute approximate surface area is 112 Å². The Morgan fingerprint density at radius 3 is 2.40 bits per heavy atom. The van der Waals surface area contributed by atoms with Gasteiger partial charge in [0, 0.05) is 0 Å². The molecule has 20 heavy (non-hydrogen) atoms. The van der Waals surface area contributed by atoms with Gasteiger partial charge in [-0.2, -0.15) is 13.2 Å². The van der Waals surface area contributed by atoms with Crippen molar-refractivity contribution in [1.29, 1.82) is 0 Å². The monoisotopic (exact) mass is 317 g/mol. The molecule has 0 aliphatic carbocycles. The lowest BCUT2D eigenvalue weighted by molar-refractivity contribution is -0.175. The maximum absolute atomic E-state index is 12.9. The van der Waals surface area contributed by atoms with Gasteiger partial charge in [0.25, 0.3) is 0 Å². The number of rotatable bonds is 6. The number of alkyl halides is 3. The van der Waals surface area contributed by atoms with Gasteiger partial charge in [-0.05, 0) is 18.2 Å². The lowest BCUT2D eigenvalue weighted by Crippen LogP contribution is -2.20. The number of primary sulfonamides is 1. The van der Waals surface area contributed by atoms with Crippen LogP contribution in [0.4, 0.5) is 17.6 Å². The Hall–Kier alpha value is -1.39. The summed E-state index contributed by atoms with van der Waals surface area (Å²) in [6.45, 7) is -2.20. The van der Waals surface area contributed by atoms with Crippen LogP contribution in [0.2, 0.25) is 0 Å². The average Bonchev–Trinajstić information content (AvgIpc) is 2.27. The largest absolute Gasteiger partial charge is 0.490 e. The summed E-state index contributed by atoms with van der Waals surface area (Å²) in [5, 5.41) is 4.86. The van der Waals surface area contributed by atoms with Gasteiger partial charge in [-0.15, -0.1) is 0 Å². The molecule has 1 aromatic carbocycles. The Morgan fingerprint density at radius 2 is 1.85 bits per heavy atom. The molecule has 0 heterocycles. The van der Waals surface area contributed by atoms with Gasteiger partial charge in [0.1, 0.15) is 29.7 Å². The van der Waals surface area contributed by atoms with Gasteiger partial charge in [0.15, 0.2) is 0 Å². The molecule has 0 bridgehead atoms. The normalized spacial score (nSPS) is 12.4. The van der Waals surface area contributed by atoms with E-state index in [0.29, 0.717) is 6.07 Å². The van der Waals surface area contributed by atoms with Crippen molar-refractivity contribution in [2.45, 2.75) is 11.1 Å². The standard InChI is InChI=1S/C10H11F4NO4S/c11-7-1-2-8(9(5-7)20(15,16)17)19-4-3-18-6-10(12,13)14/h1-2,5H,3-4,6H2,(H2,15,16,17). The molecule has 5 nitrogen and oxygen atoms in total. The van der Waals surface area contributed by atoms with Crippen LogP contribution in [0.25, 0.3) is 0 Å². The van der Waals surface area contributed by atoms with E-state index in [9.17, 15) is 26.0 Å². The molecule has 0 atom stereocenters. The van der Waals surface area contributed by atoms with E-state index in [4.69, 9.17) is 9.88 Å². The zero-order chi connectivity index (χ0) is 15.4. The molecule has 0 saturated carbocycles. The fraction of sp³-hybridized carbons (Fsp3) is 0.400. The molecular weight excluding hydrogens is 306 g/mol. The first-order valence-corrected chi connectivity index (χ1v) is 6.74. The van der Waals surface area contributed by atoms with Crippen LogP contribution in [0.15, 0.2) is 23.1 Å². The molecular formula is C10H11F4NO4S. The molecule has 1 aromatic rings. The van der Waals surface area contributed by atoms with Gasteiger partial charge in [-0.3, -0.25) is 0 Å². The summed E-state index contributed by atoms with van der Waals surface area (Å²) in [4.78, 5) is -0.590. The minimum absolute atomic E-state index is 0.260. The van der Waals surface area contributed by atoms with Gasteiger partial charge in [0.05, 0.1) is 6.61 Å². The number of halogens is 4. The van der Waals surface area contributed by atoms with Crippen LogP contribution in [0, 0.1) is 5.82 Å². The minimum Gasteiger partial charge on any atom is -0.490 e. The molecule has 0 fully saturated rings. The summed E-state index contributed by atoms with van der Waals surface area (Å²) in [7, 11) is -4.21. The van der Waals surface area contributed by atoms with E-state index in [1.807, 2.05) is 0 Å². The molecule has 0 aliphatic heterocycles. The van der Waals surface area contributed by atoms with Crippen molar-refractivity contribution in [2.75, 3.05) is 19.8 Å². The van der Waals surface area contributed by atoms with Crippen LogP contribution in [-0.2, 0) is 14.8 Å². The fourth-order valence-corrected chi connectivity index (χ4v) is 1.91. The van der Waals surface area contributed by atoms with Crippen molar-refractivity contribution < 1.29 is 35.5 Å². The van der Waals surface area contributed by atoms with Crippen LogP contribution in [0.3, 0.4) is 0 Å². The molecule has 0 unspecified atom stereocenters. The zero-order valence-corrected chi connectivity index (χ0v) is 10.8. The molecule has 0 amide bonds. The topological polar surface area (TPSA) is 78.6 Å². The highest BCUT2D eigenvalue weighted by Gasteiger charge is 2.27. The maximum atomic E-state index is 12.9. The highest BCUT2D eigenvalue weighted by molar-refractivity contribution is 7.89. The number of hydrogen-bond acceptors (Lipinski definition) is 4. The smallest absolute Gasteiger partial charge is 0.411 e. The van der Waals surface area contributed by atoms with E-state index < -0.39 is 40.1 Å². The summed E-state index contributed by atoms with van der Waals surface area (Å²) >= 11 is 0. The molecule has 0 aliphatic rings. The van der Waals surface area contributed by atoms with E-state index >= 15 is 0 Å². The van der Waals surface area contributed by atoms with Gasteiger partial charge in [-0.25, -0.2) is 17.9 Å². The van der Waals surface area contributed by atoms with Crippen LogP contribution >= 0.6 is 0 Å². The minimum atomic E-state index is -4.46. The Bertz CT molecular complexity index is 559. The molecule has 0 aromatic heterocycles. The van der Waals surface area contributed by atoms with E-state index in [1.54, 1.807) is 0 Å². The third-order valence-corrected chi connectivity index (χ3v) is 2.90. The predicted octanol–water partition coefficient (Wildman–Crippen LogP) is 1.43. The second kappa shape index (κ2) is 6.37. The highest BCUT2D eigenvalue weighted by atomic mass is 32.2. The van der Waals surface area contributed by atoms with Crippen LogP contribution in [-0.4, -0.2) is 34.4 Å². The zero-order valence-electron chi connectivity index (χ0n) is 9.98. The molecule has 114 valence electrons. The van der Waals surface area contributed by atoms with Gasteiger partial charge in [0.2, 0.25) is 10.0 Å². The number of benzene rings is 1. The third-order valence-electron chi connectivity index (χ3n) is 1.96. The van der Waals surface area contributed by atoms with Crippen molar-refractivity contribution in [3.63, 3.8) is 0 Å². The Kier molecular flexibility index (Phi) is 5.31. The summed E-state index contributed by atoms with van der Waals surface area (Å²) in [5.74, 6) is -1.10. The van der Waals surface area contributed by atoms with E-state index in [-0.39, 0.29) is 12.4 Å². The van der Waals surface area contributed by atoms with Crippen molar-refractivity contribution in [3.8, 4) is 5.75 Å². The van der Waals surface area contributed by atoms with Gasteiger partial charge in [-0.1, -0.05) is 0 Å². The SMILES string of the molecule is NS(=O)(=O)c1cc(F)ccc1OCCOCC(F)(F)F.